The van der Waals surface area contributed by atoms with Crippen molar-refractivity contribution in [2.75, 3.05) is 7.11 Å². The van der Waals surface area contributed by atoms with E-state index in [9.17, 15) is 4.79 Å². The highest BCUT2D eigenvalue weighted by molar-refractivity contribution is 5.71. The van der Waals surface area contributed by atoms with Crippen molar-refractivity contribution in [3.05, 3.63) is 0 Å². The summed E-state index contributed by atoms with van der Waals surface area (Å²) in [6.45, 7) is 1.97. The van der Waals surface area contributed by atoms with Gasteiger partial charge in [0, 0.05) is 0 Å². The fourth-order valence-electron chi connectivity index (χ4n) is 2.22. The van der Waals surface area contributed by atoms with E-state index in [4.69, 9.17) is 4.74 Å². The summed E-state index contributed by atoms with van der Waals surface area (Å²) in [6, 6.07) is 0. The van der Waals surface area contributed by atoms with E-state index in [1.165, 1.54) is 39.2 Å². The van der Waals surface area contributed by atoms with Crippen molar-refractivity contribution in [1.29, 1.82) is 0 Å². The van der Waals surface area contributed by atoms with E-state index >= 15 is 0 Å². The minimum absolute atomic E-state index is 0.0504. The van der Waals surface area contributed by atoms with Gasteiger partial charge in [0.05, 0.1) is 13.0 Å². The third-order valence-electron chi connectivity index (χ3n) is 3.02. The Hall–Kier alpha value is -0.530. The van der Waals surface area contributed by atoms with Crippen LogP contribution in [-0.2, 0) is 9.53 Å². The van der Waals surface area contributed by atoms with Crippen molar-refractivity contribution >= 4 is 5.97 Å². The topological polar surface area (TPSA) is 26.3 Å². The molecule has 0 radical (unpaired) electrons. The summed E-state index contributed by atoms with van der Waals surface area (Å²) in [5.74, 6) is 0.807. The molecule has 0 aromatic heterocycles. The Morgan fingerprint density at radius 2 is 2.00 bits per heavy atom. The van der Waals surface area contributed by atoms with E-state index in [1.807, 2.05) is 6.92 Å². The van der Waals surface area contributed by atoms with Crippen LogP contribution in [0.15, 0.2) is 0 Å². The summed E-state index contributed by atoms with van der Waals surface area (Å²) in [4.78, 5) is 11.2. The van der Waals surface area contributed by atoms with Gasteiger partial charge in [-0.05, 0) is 12.3 Å². The van der Waals surface area contributed by atoms with E-state index in [1.54, 1.807) is 0 Å². The highest BCUT2D eigenvalue weighted by atomic mass is 16.5. The molecule has 1 atom stereocenters. The molecule has 1 aliphatic rings. The van der Waals surface area contributed by atoms with Crippen LogP contribution in [0.1, 0.15) is 45.4 Å². The molecule has 2 nitrogen and oxygen atoms in total. The van der Waals surface area contributed by atoms with Crippen molar-refractivity contribution in [3.63, 3.8) is 0 Å². The summed E-state index contributed by atoms with van der Waals surface area (Å²) >= 11 is 0. The lowest BCUT2D eigenvalue weighted by molar-refractivity contribution is -0.145. The average Bonchev–Trinajstić information content (AvgIpc) is 2.18. The lowest BCUT2D eigenvalue weighted by Crippen LogP contribution is -2.18. The molecule has 76 valence electrons. The Morgan fingerprint density at radius 1 is 1.38 bits per heavy atom. The van der Waals surface area contributed by atoms with Crippen LogP contribution >= 0.6 is 0 Å². The molecule has 0 aliphatic heterocycles. The SMILES string of the molecule is COC(=O)[C@H](C)CC1CCCCC1. The van der Waals surface area contributed by atoms with Crippen LogP contribution in [0.2, 0.25) is 0 Å². The Labute approximate surface area is 80.7 Å². The summed E-state index contributed by atoms with van der Waals surface area (Å²) in [6.07, 6.45) is 7.70. The van der Waals surface area contributed by atoms with Gasteiger partial charge < -0.3 is 4.74 Å². The Morgan fingerprint density at radius 3 is 2.54 bits per heavy atom. The number of hydrogen-bond acceptors (Lipinski definition) is 2. The van der Waals surface area contributed by atoms with Crippen LogP contribution in [0.3, 0.4) is 0 Å². The lowest BCUT2D eigenvalue weighted by atomic mass is 9.83. The molecule has 0 aromatic rings. The first-order chi connectivity index (χ1) is 6.24. The first-order valence-electron chi connectivity index (χ1n) is 5.32. The van der Waals surface area contributed by atoms with Gasteiger partial charge >= 0.3 is 5.97 Å². The van der Waals surface area contributed by atoms with Crippen molar-refractivity contribution in [2.24, 2.45) is 11.8 Å². The third-order valence-corrected chi connectivity index (χ3v) is 3.02. The Kier molecular flexibility index (Phi) is 4.26. The predicted octanol–water partition coefficient (Wildman–Crippen LogP) is 2.77. The van der Waals surface area contributed by atoms with Gasteiger partial charge in [-0.3, -0.25) is 4.79 Å². The zero-order valence-corrected chi connectivity index (χ0v) is 8.71. The van der Waals surface area contributed by atoms with Gasteiger partial charge in [-0.15, -0.1) is 0 Å². The van der Waals surface area contributed by atoms with Gasteiger partial charge in [-0.1, -0.05) is 39.0 Å². The molecule has 0 bridgehead atoms. The molecule has 13 heavy (non-hydrogen) atoms. The minimum Gasteiger partial charge on any atom is -0.469 e. The molecule has 2 heteroatoms. The average molecular weight is 184 g/mol. The number of ether oxygens (including phenoxy) is 1. The quantitative estimate of drug-likeness (QED) is 0.630. The maximum absolute atomic E-state index is 11.2. The van der Waals surface area contributed by atoms with Gasteiger partial charge in [-0.2, -0.15) is 0 Å². The van der Waals surface area contributed by atoms with Crippen LogP contribution in [-0.4, -0.2) is 13.1 Å². The van der Waals surface area contributed by atoms with Crippen molar-refractivity contribution in [1.82, 2.24) is 0 Å². The number of carbonyl (C=O) groups is 1. The van der Waals surface area contributed by atoms with Gasteiger partial charge in [-0.25, -0.2) is 0 Å². The van der Waals surface area contributed by atoms with Crippen LogP contribution in [0, 0.1) is 11.8 Å². The summed E-state index contributed by atoms with van der Waals surface area (Å²) in [7, 11) is 1.47. The van der Waals surface area contributed by atoms with Crippen LogP contribution in [0.4, 0.5) is 0 Å². The first-order valence-corrected chi connectivity index (χ1v) is 5.32. The molecule has 0 aromatic carbocycles. The second-order valence-corrected chi connectivity index (χ2v) is 4.16. The van der Waals surface area contributed by atoms with E-state index in [0.717, 1.165) is 12.3 Å². The van der Waals surface area contributed by atoms with Crippen molar-refractivity contribution in [2.45, 2.75) is 45.4 Å². The predicted molar refractivity (Wildman–Crippen MR) is 52.4 cm³/mol. The summed E-state index contributed by atoms with van der Waals surface area (Å²) in [5, 5.41) is 0. The summed E-state index contributed by atoms with van der Waals surface area (Å²) < 4.78 is 4.71. The standard InChI is InChI=1S/C11H20O2/c1-9(11(12)13-2)8-10-6-4-3-5-7-10/h9-10H,3-8H2,1-2H3/t9-/m1/s1. The molecule has 1 rings (SSSR count). The maximum Gasteiger partial charge on any atom is 0.308 e. The van der Waals surface area contributed by atoms with Crippen molar-refractivity contribution in [3.8, 4) is 0 Å². The molecular formula is C11H20O2. The number of rotatable bonds is 3. The molecule has 1 saturated carbocycles. The first kappa shape index (κ1) is 10.6. The maximum atomic E-state index is 11.2. The molecule has 0 amide bonds. The largest absolute Gasteiger partial charge is 0.469 e. The summed E-state index contributed by atoms with van der Waals surface area (Å²) in [5.41, 5.74) is 0. The Bertz CT molecular complexity index is 159. The molecule has 1 aliphatic carbocycles. The minimum atomic E-state index is -0.0504. The van der Waals surface area contributed by atoms with E-state index < -0.39 is 0 Å². The zero-order valence-electron chi connectivity index (χ0n) is 8.71. The highest BCUT2D eigenvalue weighted by Gasteiger charge is 2.20. The fourth-order valence-corrected chi connectivity index (χ4v) is 2.22. The molecule has 0 heterocycles. The lowest BCUT2D eigenvalue weighted by Gasteiger charge is -2.23. The number of carbonyl (C=O) groups excluding carboxylic acids is 1. The Balaban J connectivity index is 2.25. The molecule has 1 fully saturated rings. The molecule has 0 unspecified atom stereocenters. The number of methoxy groups -OCH3 is 1. The van der Waals surface area contributed by atoms with Crippen LogP contribution in [0.5, 0.6) is 0 Å². The number of hydrogen-bond donors (Lipinski definition) is 0. The van der Waals surface area contributed by atoms with Crippen LogP contribution < -0.4 is 0 Å². The second kappa shape index (κ2) is 5.25. The highest BCUT2D eigenvalue weighted by Crippen LogP contribution is 2.29. The van der Waals surface area contributed by atoms with E-state index in [-0.39, 0.29) is 11.9 Å². The zero-order chi connectivity index (χ0) is 9.68. The molecule has 0 N–H and O–H groups in total. The normalized spacial score (nSPS) is 21.1. The smallest absolute Gasteiger partial charge is 0.308 e. The van der Waals surface area contributed by atoms with Gasteiger partial charge in [0.1, 0.15) is 0 Å². The monoisotopic (exact) mass is 184 g/mol. The number of esters is 1. The van der Waals surface area contributed by atoms with E-state index in [0.29, 0.717) is 0 Å². The van der Waals surface area contributed by atoms with Crippen LogP contribution in [0.25, 0.3) is 0 Å². The van der Waals surface area contributed by atoms with E-state index in [2.05, 4.69) is 0 Å². The van der Waals surface area contributed by atoms with Crippen molar-refractivity contribution < 1.29 is 9.53 Å². The molecular weight excluding hydrogens is 164 g/mol. The fraction of sp³-hybridized carbons (Fsp3) is 0.909. The molecule has 0 saturated heterocycles. The van der Waals surface area contributed by atoms with Gasteiger partial charge in [0.2, 0.25) is 0 Å². The van der Waals surface area contributed by atoms with Gasteiger partial charge in [0.25, 0.3) is 0 Å². The van der Waals surface area contributed by atoms with Gasteiger partial charge in [0.15, 0.2) is 0 Å². The third kappa shape index (κ3) is 3.37. The molecule has 0 spiro atoms. The second-order valence-electron chi connectivity index (χ2n) is 4.16.